The van der Waals surface area contributed by atoms with Crippen LogP contribution in [-0.2, 0) is 11.4 Å². The van der Waals surface area contributed by atoms with Crippen molar-refractivity contribution in [1.29, 1.82) is 0 Å². The Labute approximate surface area is 132 Å². The standard InChI is InChI=1S/C16H12Cl2O3/c17-13-5-2-6-14(16(13)18)21-10-12-4-1-3-11(9-12)7-8-15(19)20/h1-9H,10H2,(H,19,20). The molecule has 3 nitrogen and oxygen atoms in total. The molecule has 0 saturated carbocycles. The highest BCUT2D eigenvalue weighted by atomic mass is 35.5. The molecule has 0 aromatic heterocycles. The Balaban J connectivity index is 2.08. The molecule has 0 saturated heterocycles. The Hall–Kier alpha value is -1.97. The third-order valence-corrected chi connectivity index (χ3v) is 3.48. The number of aliphatic carboxylic acids is 1. The maximum Gasteiger partial charge on any atom is 0.328 e. The van der Waals surface area contributed by atoms with E-state index >= 15 is 0 Å². The van der Waals surface area contributed by atoms with E-state index in [2.05, 4.69) is 0 Å². The molecule has 0 aliphatic carbocycles. The highest BCUT2D eigenvalue weighted by molar-refractivity contribution is 6.42. The Bertz CT molecular complexity index is 681. The molecule has 2 aromatic rings. The predicted molar refractivity (Wildman–Crippen MR) is 83.9 cm³/mol. The lowest BCUT2D eigenvalue weighted by molar-refractivity contribution is -0.131. The van der Waals surface area contributed by atoms with E-state index in [-0.39, 0.29) is 0 Å². The first-order chi connectivity index (χ1) is 10.1. The van der Waals surface area contributed by atoms with Crippen LogP contribution in [0.3, 0.4) is 0 Å². The molecule has 0 aliphatic heterocycles. The van der Waals surface area contributed by atoms with Gasteiger partial charge in [-0.05, 0) is 35.4 Å². The molecule has 2 aromatic carbocycles. The molecule has 0 fully saturated rings. The number of ether oxygens (including phenoxy) is 1. The maximum atomic E-state index is 10.5. The van der Waals surface area contributed by atoms with E-state index in [1.807, 2.05) is 24.3 Å². The van der Waals surface area contributed by atoms with E-state index in [0.29, 0.717) is 22.4 Å². The maximum absolute atomic E-state index is 10.5. The summed E-state index contributed by atoms with van der Waals surface area (Å²) in [5.74, 6) is -0.474. The van der Waals surface area contributed by atoms with Crippen molar-refractivity contribution in [2.24, 2.45) is 0 Å². The van der Waals surface area contributed by atoms with E-state index in [1.165, 1.54) is 6.08 Å². The first-order valence-corrected chi connectivity index (χ1v) is 6.88. The zero-order valence-corrected chi connectivity index (χ0v) is 12.4. The summed E-state index contributed by atoms with van der Waals surface area (Å²) < 4.78 is 5.63. The summed E-state index contributed by atoms with van der Waals surface area (Å²) in [5.41, 5.74) is 1.69. The summed E-state index contributed by atoms with van der Waals surface area (Å²) in [4.78, 5) is 10.5. The van der Waals surface area contributed by atoms with Crippen LogP contribution >= 0.6 is 23.2 Å². The van der Waals surface area contributed by atoms with Gasteiger partial charge in [0, 0.05) is 6.08 Å². The van der Waals surface area contributed by atoms with Gasteiger partial charge in [0.05, 0.1) is 5.02 Å². The second kappa shape index (κ2) is 7.16. The molecule has 21 heavy (non-hydrogen) atoms. The molecule has 108 valence electrons. The van der Waals surface area contributed by atoms with Crippen LogP contribution < -0.4 is 4.74 Å². The molecular formula is C16H12Cl2O3. The lowest BCUT2D eigenvalue weighted by Gasteiger charge is -2.09. The average molecular weight is 323 g/mol. The third kappa shape index (κ3) is 4.52. The van der Waals surface area contributed by atoms with Crippen molar-refractivity contribution in [3.8, 4) is 5.75 Å². The Morgan fingerprint density at radius 1 is 1.19 bits per heavy atom. The summed E-state index contributed by atoms with van der Waals surface area (Å²) in [6.07, 6.45) is 2.62. The first kappa shape index (κ1) is 15.4. The molecule has 0 amide bonds. The Morgan fingerprint density at radius 2 is 1.95 bits per heavy atom. The van der Waals surface area contributed by atoms with Crippen LogP contribution in [0.1, 0.15) is 11.1 Å². The van der Waals surface area contributed by atoms with E-state index in [9.17, 15) is 4.79 Å². The van der Waals surface area contributed by atoms with Gasteiger partial charge in [-0.25, -0.2) is 4.79 Å². The van der Waals surface area contributed by atoms with Crippen molar-refractivity contribution in [3.05, 3.63) is 69.7 Å². The van der Waals surface area contributed by atoms with E-state index in [4.69, 9.17) is 33.0 Å². The number of carboxylic acids is 1. The van der Waals surface area contributed by atoms with Gasteiger partial charge < -0.3 is 9.84 Å². The molecule has 0 spiro atoms. The number of hydrogen-bond acceptors (Lipinski definition) is 2. The van der Waals surface area contributed by atoms with E-state index in [0.717, 1.165) is 17.2 Å². The molecule has 0 radical (unpaired) electrons. The van der Waals surface area contributed by atoms with Gasteiger partial charge >= 0.3 is 5.97 Å². The van der Waals surface area contributed by atoms with Crippen molar-refractivity contribution in [3.63, 3.8) is 0 Å². The minimum atomic E-state index is -0.984. The lowest BCUT2D eigenvalue weighted by atomic mass is 10.1. The average Bonchev–Trinajstić information content (AvgIpc) is 2.47. The molecule has 0 aliphatic rings. The molecular weight excluding hydrogens is 311 g/mol. The van der Waals surface area contributed by atoms with Crippen LogP contribution in [0.2, 0.25) is 10.0 Å². The van der Waals surface area contributed by atoms with Crippen molar-refractivity contribution in [2.45, 2.75) is 6.61 Å². The zero-order chi connectivity index (χ0) is 15.2. The monoisotopic (exact) mass is 322 g/mol. The summed E-state index contributed by atoms with van der Waals surface area (Å²) in [5, 5.41) is 9.43. The topological polar surface area (TPSA) is 46.5 Å². The third-order valence-electron chi connectivity index (χ3n) is 2.68. The Kier molecular flexibility index (Phi) is 5.26. The minimum absolute atomic E-state index is 0.314. The molecule has 1 N–H and O–H groups in total. The van der Waals surface area contributed by atoms with Gasteiger partial charge in [-0.3, -0.25) is 0 Å². The van der Waals surface area contributed by atoms with Crippen molar-refractivity contribution in [1.82, 2.24) is 0 Å². The predicted octanol–water partition coefficient (Wildman–Crippen LogP) is 4.67. The highest BCUT2D eigenvalue weighted by Crippen LogP contribution is 2.31. The normalized spacial score (nSPS) is 10.8. The van der Waals surface area contributed by atoms with Gasteiger partial charge in [0.15, 0.2) is 0 Å². The van der Waals surface area contributed by atoms with Gasteiger partial charge in [-0.2, -0.15) is 0 Å². The number of benzene rings is 2. The van der Waals surface area contributed by atoms with Crippen LogP contribution in [0.15, 0.2) is 48.5 Å². The van der Waals surface area contributed by atoms with Gasteiger partial charge in [-0.15, -0.1) is 0 Å². The van der Waals surface area contributed by atoms with Crippen LogP contribution in [0.4, 0.5) is 0 Å². The fourth-order valence-corrected chi connectivity index (χ4v) is 2.06. The van der Waals surface area contributed by atoms with Crippen LogP contribution in [0, 0.1) is 0 Å². The summed E-state index contributed by atoms with van der Waals surface area (Å²) in [7, 11) is 0. The van der Waals surface area contributed by atoms with E-state index in [1.54, 1.807) is 18.2 Å². The lowest BCUT2D eigenvalue weighted by Crippen LogP contribution is -1.96. The first-order valence-electron chi connectivity index (χ1n) is 6.13. The minimum Gasteiger partial charge on any atom is -0.487 e. The number of carbonyl (C=O) groups is 1. The summed E-state index contributed by atoms with van der Waals surface area (Å²) in [6.45, 7) is 0.314. The number of hydrogen-bond donors (Lipinski definition) is 1. The second-order valence-corrected chi connectivity index (χ2v) is 5.04. The van der Waals surface area contributed by atoms with Crippen LogP contribution in [-0.4, -0.2) is 11.1 Å². The molecule has 2 rings (SSSR count). The molecule has 0 heterocycles. The fraction of sp³-hybridized carbons (Fsp3) is 0.0625. The second-order valence-electron chi connectivity index (χ2n) is 4.26. The zero-order valence-electron chi connectivity index (χ0n) is 10.9. The number of rotatable bonds is 5. The van der Waals surface area contributed by atoms with Crippen LogP contribution in [0.25, 0.3) is 6.08 Å². The summed E-state index contributed by atoms with van der Waals surface area (Å²) >= 11 is 12.0. The van der Waals surface area contributed by atoms with Crippen molar-refractivity contribution >= 4 is 35.2 Å². The van der Waals surface area contributed by atoms with Gasteiger partial charge in [0.1, 0.15) is 17.4 Å². The Morgan fingerprint density at radius 3 is 2.71 bits per heavy atom. The van der Waals surface area contributed by atoms with Crippen molar-refractivity contribution < 1.29 is 14.6 Å². The van der Waals surface area contributed by atoms with Crippen LogP contribution in [0.5, 0.6) is 5.75 Å². The SMILES string of the molecule is O=C(O)C=Cc1cccc(COc2cccc(Cl)c2Cl)c1. The molecule has 0 atom stereocenters. The quantitative estimate of drug-likeness (QED) is 0.813. The van der Waals surface area contributed by atoms with Crippen molar-refractivity contribution in [2.75, 3.05) is 0 Å². The smallest absolute Gasteiger partial charge is 0.328 e. The highest BCUT2D eigenvalue weighted by Gasteiger charge is 2.05. The molecule has 0 unspecified atom stereocenters. The van der Waals surface area contributed by atoms with Gasteiger partial charge in [0.25, 0.3) is 0 Å². The molecule has 0 bridgehead atoms. The largest absolute Gasteiger partial charge is 0.487 e. The van der Waals surface area contributed by atoms with Gasteiger partial charge in [0.2, 0.25) is 0 Å². The molecule has 5 heteroatoms. The van der Waals surface area contributed by atoms with E-state index < -0.39 is 5.97 Å². The number of carboxylic acid groups (broad SMARTS) is 1. The number of halogens is 2. The fourth-order valence-electron chi connectivity index (χ4n) is 1.71. The summed E-state index contributed by atoms with van der Waals surface area (Å²) in [6, 6.07) is 12.6. The van der Waals surface area contributed by atoms with Gasteiger partial charge in [-0.1, -0.05) is 47.5 Å².